The largest absolute Gasteiger partial charge is 0.479 e. The molecule has 0 aliphatic heterocycles. The second-order valence-corrected chi connectivity index (χ2v) is 4.12. The Balaban J connectivity index is 3.17. The summed E-state index contributed by atoms with van der Waals surface area (Å²) in [5.74, 6) is -2.29. The van der Waals surface area contributed by atoms with Crippen LogP contribution in [0, 0.1) is 0 Å². The van der Waals surface area contributed by atoms with E-state index in [-0.39, 0.29) is 29.0 Å². The number of halogens is 3. The number of hydrogen-bond acceptors (Lipinski definition) is 3. The van der Waals surface area contributed by atoms with Crippen molar-refractivity contribution >= 4 is 23.4 Å². The lowest BCUT2D eigenvalue weighted by atomic mass is 9.97. The van der Waals surface area contributed by atoms with E-state index in [2.05, 4.69) is 0 Å². The van der Waals surface area contributed by atoms with E-state index in [0.717, 1.165) is 18.2 Å². The minimum Gasteiger partial charge on any atom is -0.479 e. The smallest absolute Gasteiger partial charge is 0.337 e. The van der Waals surface area contributed by atoms with Gasteiger partial charge in [-0.05, 0) is 11.1 Å². The van der Waals surface area contributed by atoms with Crippen LogP contribution in [0.25, 0.3) is 0 Å². The van der Waals surface area contributed by atoms with Crippen molar-refractivity contribution in [2.24, 2.45) is 0 Å². The van der Waals surface area contributed by atoms with E-state index < -0.39 is 24.3 Å². The molecule has 0 saturated carbocycles. The zero-order chi connectivity index (χ0) is 14.6. The van der Waals surface area contributed by atoms with E-state index in [1.165, 1.54) is 0 Å². The van der Waals surface area contributed by atoms with Crippen LogP contribution in [0.1, 0.15) is 29.2 Å². The fourth-order valence-electron chi connectivity index (χ4n) is 1.56. The first-order chi connectivity index (χ1) is 8.86. The monoisotopic (exact) mass is 292 g/mol. The first-order valence-electron chi connectivity index (χ1n) is 5.26. The summed E-state index contributed by atoms with van der Waals surface area (Å²) in [6.45, 7) is 0. The third kappa shape index (κ3) is 3.97. The number of benzene rings is 1. The minimum atomic E-state index is -2.80. The number of aliphatic carboxylic acids is 1. The van der Waals surface area contributed by atoms with E-state index in [1.54, 1.807) is 0 Å². The van der Waals surface area contributed by atoms with Crippen LogP contribution in [0.15, 0.2) is 18.2 Å². The summed E-state index contributed by atoms with van der Waals surface area (Å²) in [5, 5.41) is 18.0. The number of alkyl halides is 3. The number of carbonyl (C=O) groups is 2. The van der Waals surface area contributed by atoms with Gasteiger partial charge < -0.3 is 10.2 Å². The number of Topliss-reactive ketones (excluding diaryl/α,β-unsaturated/α-hetero) is 1. The molecule has 2 N–H and O–H groups in total. The predicted molar refractivity (Wildman–Crippen MR) is 63.4 cm³/mol. The number of aliphatic hydroxyl groups excluding tert-OH is 1. The van der Waals surface area contributed by atoms with Crippen molar-refractivity contribution in [1.29, 1.82) is 0 Å². The van der Waals surface area contributed by atoms with Crippen molar-refractivity contribution in [3.05, 3.63) is 34.9 Å². The zero-order valence-corrected chi connectivity index (χ0v) is 10.4. The summed E-state index contributed by atoms with van der Waals surface area (Å²) in [6, 6.07) is 3.18. The highest BCUT2D eigenvalue weighted by Crippen LogP contribution is 2.26. The van der Waals surface area contributed by atoms with E-state index in [1.807, 2.05) is 0 Å². The van der Waals surface area contributed by atoms with Crippen LogP contribution in [0.5, 0.6) is 0 Å². The van der Waals surface area contributed by atoms with E-state index in [4.69, 9.17) is 16.7 Å². The van der Waals surface area contributed by atoms with Crippen LogP contribution in [0.3, 0.4) is 0 Å². The number of carboxylic acids is 1. The van der Waals surface area contributed by atoms with Gasteiger partial charge in [0.15, 0.2) is 11.9 Å². The summed E-state index contributed by atoms with van der Waals surface area (Å²) >= 11 is 5.31. The van der Waals surface area contributed by atoms with Gasteiger partial charge in [-0.2, -0.15) is 0 Å². The topological polar surface area (TPSA) is 74.6 Å². The van der Waals surface area contributed by atoms with Crippen molar-refractivity contribution in [3.8, 4) is 0 Å². The average Bonchev–Trinajstić information content (AvgIpc) is 2.37. The van der Waals surface area contributed by atoms with Crippen LogP contribution >= 0.6 is 11.6 Å². The van der Waals surface area contributed by atoms with E-state index >= 15 is 0 Å². The molecule has 0 spiro atoms. The highest BCUT2D eigenvalue weighted by atomic mass is 35.5. The van der Waals surface area contributed by atoms with Gasteiger partial charge >= 0.3 is 5.97 Å². The molecule has 0 aromatic heterocycles. The van der Waals surface area contributed by atoms with Crippen LogP contribution in [-0.2, 0) is 16.0 Å². The van der Waals surface area contributed by atoms with Gasteiger partial charge in [-0.25, -0.2) is 13.6 Å². The molecular weight excluding hydrogens is 282 g/mol. The molecule has 1 rings (SSSR count). The van der Waals surface area contributed by atoms with Gasteiger partial charge in [-0.15, -0.1) is 11.6 Å². The summed E-state index contributed by atoms with van der Waals surface area (Å²) in [6.07, 6.45) is -4.95. The second-order valence-electron chi connectivity index (χ2n) is 3.85. The molecule has 1 aromatic carbocycles. The normalized spacial score (nSPS) is 12.5. The predicted octanol–water partition coefficient (Wildman–Crippen LogP) is 2.09. The molecular formula is C12H11ClF2O4. The van der Waals surface area contributed by atoms with Crippen LogP contribution < -0.4 is 0 Å². The molecule has 19 heavy (non-hydrogen) atoms. The van der Waals surface area contributed by atoms with Crippen LogP contribution in [0.4, 0.5) is 8.78 Å². The van der Waals surface area contributed by atoms with Gasteiger partial charge in [-0.3, -0.25) is 4.79 Å². The maximum Gasteiger partial charge on any atom is 0.337 e. The third-order valence-corrected chi connectivity index (χ3v) is 2.79. The Labute approximate surface area is 112 Å². The Morgan fingerprint density at radius 3 is 2.42 bits per heavy atom. The maximum absolute atomic E-state index is 12.8. The Morgan fingerprint density at radius 2 is 1.95 bits per heavy atom. The van der Waals surface area contributed by atoms with Gasteiger partial charge in [0, 0.05) is 12.0 Å². The molecule has 1 unspecified atom stereocenters. The molecule has 0 aliphatic carbocycles. The molecule has 0 bridgehead atoms. The van der Waals surface area contributed by atoms with Crippen molar-refractivity contribution < 1.29 is 28.6 Å². The zero-order valence-electron chi connectivity index (χ0n) is 9.65. The molecule has 0 radical (unpaired) electrons. The fourth-order valence-corrected chi connectivity index (χ4v) is 1.66. The molecule has 0 amide bonds. The molecule has 1 atom stereocenters. The summed E-state index contributed by atoms with van der Waals surface area (Å²) in [4.78, 5) is 21.8. The molecule has 1 aromatic rings. The summed E-state index contributed by atoms with van der Waals surface area (Å²) < 4.78 is 25.5. The molecule has 0 aliphatic rings. The first kappa shape index (κ1) is 15.5. The highest BCUT2D eigenvalue weighted by Gasteiger charge is 2.20. The highest BCUT2D eigenvalue weighted by molar-refractivity contribution is 6.27. The number of aliphatic hydroxyl groups is 1. The lowest BCUT2D eigenvalue weighted by Gasteiger charge is -2.12. The number of carboxylic acid groups (broad SMARTS) is 1. The number of carbonyl (C=O) groups excluding carboxylic acids is 1. The van der Waals surface area contributed by atoms with Gasteiger partial charge in [0.2, 0.25) is 0 Å². The standard InChI is InChI=1S/C12H11ClF2O4/c13-5-8(16)4-7-3-6(10(17)12(18)19)1-2-9(7)11(14)15/h1-3,10-11,17H,4-5H2,(H,18,19). The Morgan fingerprint density at radius 1 is 1.32 bits per heavy atom. The quantitative estimate of drug-likeness (QED) is 0.787. The van der Waals surface area contributed by atoms with E-state index in [9.17, 15) is 23.5 Å². The number of ketones is 1. The molecule has 0 heterocycles. The number of rotatable bonds is 6. The van der Waals surface area contributed by atoms with Gasteiger partial charge in [0.1, 0.15) is 0 Å². The number of hydrogen-bond donors (Lipinski definition) is 2. The van der Waals surface area contributed by atoms with Crippen LogP contribution in [0.2, 0.25) is 0 Å². The summed E-state index contributed by atoms with van der Waals surface area (Å²) in [7, 11) is 0. The first-order valence-corrected chi connectivity index (χ1v) is 5.79. The molecule has 104 valence electrons. The minimum absolute atomic E-state index is 0.0292. The van der Waals surface area contributed by atoms with Crippen molar-refractivity contribution in [2.75, 3.05) is 5.88 Å². The van der Waals surface area contributed by atoms with Crippen molar-refractivity contribution in [3.63, 3.8) is 0 Å². The lowest BCUT2D eigenvalue weighted by Crippen LogP contribution is -2.13. The van der Waals surface area contributed by atoms with Crippen molar-refractivity contribution in [2.45, 2.75) is 19.0 Å². The Bertz CT molecular complexity index is 491. The van der Waals surface area contributed by atoms with E-state index in [0.29, 0.717) is 0 Å². The SMILES string of the molecule is O=C(CCl)Cc1cc(C(O)C(=O)O)ccc1C(F)F. The third-order valence-electron chi connectivity index (χ3n) is 2.49. The maximum atomic E-state index is 12.8. The summed E-state index contributed by atoms with van der Waals surface area (Å²) in [5.41, 5.74) is -0.465. The van der Waals surface area contributed by atoms with Crippen LogP contribution in [-0.4, -0.2) is 27.8 Å². The van der Waals surface area contributed by atoms with Crippen molar-refractivity contribution in [1.82, 2.24) is 0 Å². The van der Waals surface area contributed by atoms with Gasteiger partial charge in [0.25, 0.3) is 6.43 Å². The Hall–Kier alpha value is -1.53. The van der Waals surface area contributed by atoms with Gasteiger partial charge in [-0.1, -0.05) is 18.2 Å². The molecule has 4 nitrogen and oxygen atoms in total. The van der Waals surface area contributed by atoms with Gasteiger partial charge in [0.05, 0.1) is 5.88 Å². The molecule has 0 saturated heterocycles. The average molecular weight is 293 g/mol. The Kier molecular flexibility index (Phi) is 5.38. The molecule has 7 heteroatoms. The fraction of sp³-hybridized carbons (Fsp3) is 0.333. The molecule has 0 fully saturated rings. The second kappa shape index (κ2) is 6.58. The lowest BCUT2D eigenvalue weighted by molar-refractivity contribution is -0.146.